The van der Waals surface area contributed by atoms with E-state index in [0.29, 0.717) is 41.5 Å². The van der Waals surface area contributed by atoms with Crippen molar-refractivity contribution < 1.29 is 18.4 Å². The lowest BCUT2D eigenvalue weighted by atomic mass is 9.95. The van der Waals surface area contributed by atoms with Crippen LogP contribution in [0, 0.1) is 0 Å². The summed E-state index contributed by atoms with van der Waals surface area (Å²) in [6.07, 6.45) is 3.77. The number of halogens is 2. The first kappa shape index (κ1) is 22.7. The summed E-state index contributed by atoms with van der Waals surface area (Å²) >= 11 is 0. The van der Waals surface area contributed by atoms with Gasteiger partial charge in [-0.25, -0.2) is 8.78 Å². The van der Waals surface area contributed by atoms with Crippen molar-refractivity contribution in [1.29, 1.82) is 0 Å². The zero-order valence-electron chi connectivity index (χ0n) is 20.1. The van der Waals surface area contributed by atoms with E-state index >= 15 is 8.78 Å². The van der Waals surface area contributed by atoms with Crippen LogP contribution >= 0.6 is 0 Å². The van der Waals surface area contributed by atoms with Gasteiger partial charge in [0.15, 0.2) is 0 Å². The van der Waals surface area contributed by atoms with Crippen LogP contribution in [0.4, 0.5) is 8.78 Å². The predicted octanol–water partition coefficient (Wildman–Crippen LogP) is 4.60. The Morgan fingerprint density at radius 3 is 2.14 bits per heavy atom. The smallest absolute Gasteiger partial charge is 0.280 e. The van der Waals surface area contributed by atoms with Crippen LogP contribution in [0.15, 0.2) is 60.9 Å². The Morgan fingerprint density at radius 2 is 1.50 bits per heavy atom. The van der Waals surface area contributed by atoms with E-state index in [0.717, 1.165) is 10.9 Å². The molecule has 2 aliphatic rings. The molecule has 8 heteroatoms. The van der Waals surface area contributed by atoms with Crippen molar-refractivity contribution in [3.8, 4) is 0 Å². The summed E-state index contributed by atoms with van der Waals surface area (Å²) in [6.45, 7) is 2.72. The molecule has 1 fully saturated rings. The molecule has 0 spiro atoms. The van der Waals surface area contributed by atoms with Gasteiger partial charge in [0.1, 0.15) is 0 Å². The first-order valence-electron chi connectivity index (χ1n) is 12.1. The van der Waals surface area contributed by atoms with Crippen LogP contribution in [0.3, 0.4) is 0 Å². The summed E-state index contributed by atoms with van der Waals surface area (Å²) in [4.78, 5) is 28.1. The summed E-state index contributed by atoms with van der Waals surface area (Å²) in [5.41, 5.74) is 3.18. The molecule has 36 heavy (non-hydrogen) atoms. The summed E-state index contributed by atoms with van der Waals surface area (Å²) in [7, 11) is 1.89. The number of nitrogens with one attached hydrogen (secondary N) is 1. The number of carbonyl (C=O) groups excluding carboxylic acids is 2. The van der Waals surface area contributed by atoms with Crippen molar-refractivity contribution >= 4 is 44.8 Å². The number of amides is 2. The number of fused-ring (bicyclic) bond motifs is 2. The highest BCUT2D eigenvalue weighted by atomic mass is 19.3. The van der Waals surface area contributed by atoms with E-state index in [1.54, 1.807) is 21.7 Å². The van der Waals surface area contributed by atoms with Gasteiger partial charge >= 0.3 is 0 Å². The highest BCUT2D eigenvalue weighted by molar-refractivity contribution is 6.50. The fourth-order valence-corrected chi connectivity index (χ4v) is 5.78. The van der Waals surface area contributed by atoms with Crippen molar-refractivity contribution in [2.24, 2.45) is 7.05 Å². The molecule has 184 valence electrons. The number of hydrogen-bond acceptors (Lipinski definition) is 3. The van der Waals surface area contributed by atoms with Gasteiger partial charge in [-0.15, -0.1) is 0 Å². The Labute approximate surface area is 206 Å². The molecule has 6 rings (SSSR count). The largest absolute Gasteiger partial charge is 0.350 e. The molecule has 0 aliphatic carbocycles. The molecule has 4 aromatic rings. The summed E-state index contributed by atoms with van der Waals surface area (Å²) in [5.74, 6) is -3.93. The fraction of sp³-hybridized carbons (Fsp3) is 0.286. The SMILES string of the molecule is CCN1CCC(n2cc(C3=C(c4cn(C)c5ccccc45)C(=O)NC3=O)c3ccccc32)C(F)(F)C1. The number of aromatic nitrogens is 2. The number of imide groups is 1. The Kier molecular flexibility index (Phi) is 5.12. The Bertz CT molecular complexity index is 1580. The number of aryl methyl sites for hydroxylation is 1. The molecular weight excluding hydrogens is 462 g/mol. The fourth-order valence-electron chi connectivity index (χ4n) is 5.78. The average Bonchev–Trinajstić information content (AvgIpc) is 3.49. The summed E-state index contributed by atoms with van der Waals surface area (Å²) in [6, 6.07) is 13.9. The lowest BCUT2D eigenvalue weighted by molar-refractivity contribution is -0.122. The van der Waals surface area contributed by atoms with Crippen molar-refractivity contribution in [3.63, 3.8) is 0 Å². The Morgan fingerprint density at radius 1 is 0.917 bits per heavy atom. The van der Waals surface area contributed by atoms with E-state index in [-0.39, 0.29) is 17.7 Å². The third-order valence-corrected chi connectivity index (χ3v) is 7.53. The van der Waals surface area contributed by atoms with Gasteiger partial charge in [-0.1, -0.05) is 43.3 Å². The molecule has 2 aromatic carbocycles. The van der Waals surface area contributed by atoms with Crippen LogP contribution < -0.4 is 5.32 Å². The van der Waals surface area contributed by atoms with Crippen molar-refractivity contribution in [1.82, 2.24) is 19.4 Å². The van der Waals surface area contributed by atoms with E-state index in [1.165, 1.54) is 0 Å². The van der Waals surface area contributed by atoms with Crippen LogP contribution in [0.2, 0.25) is 0 Å². The third kappa shape index (κ3) is 3.32. The Hall–Kier alpha value is -3.78. The molecule has 2 amide bonds. The maximum atomic E-state index is 15.4. The van der Waals surface area contributed by atoms with Gasteiger partial charge in [0, 0.05) is 58.9 Å². The Balaban J connectivity index is 1.59. The van der Waals surface area contributed by atoms with Crippen molar-refractivity contribution in [2.75, 3.05) is 19.6 Å². The second-order valence-electron chi connectivity index (χ2n) is 9.61. The van der Waals surface area contributed by atoms with E-state index in [1.807, 2.05) is 67.2 Å². The molecule has 1 unspecified atom stereocenters. The number of para-hydroxylation sites is 2. The van der Waals surface area contributed by atoms with Gasteiger partial charge in [0.2, 0.25) is 0 Å². The van der Waals surface area contributed by atoms with E-state index in [4.69, 9.17) is 0 Å². The van der Waals surface area contributed by atoms with E-state index < -0.39 is 23.8 Å². The molecule has 2 aromatic heterocycles. The van der Waals surface area contributed by atoms with Gasteiger partial charge in [0.05, 0.1) is 23.7 Å². The van der Waals surface area contributed by atoms with E-state index in [2.05, 4.69) is 5.32 Å². The second-order valence-corrected chi connectivity index (χ2v) is 9.61. The maximum Gasteiger partial charge on any atom is 0.280 e. The average molecular weight is 489 g/mol. The van der Waals surface area contributed by atoms with Gasteiger partial charge in [-0.3, -0.25) is 19.8 Å². The van der Waals surface area contributed by atoms with Gasteiger partial charge < -0.3 is 9.13 Å². The molecule has 1 saturated heterocycles. The lowest BCUT2D eigenvalue weighted by Gasteiger charge is -2.38. The molecular formula is C28H26F2N4O2. The van der Waals surface area contributed by atoms with E-state index in [9.17, 15) is 9.59 Å². The standard InChI is InChI=1S/C28H26F2N4O2/c1-3-33-13-12-23(28(29,30)16-33)34-15-20(18-9-5-7-11-22(18)34)25-24(26(35)31-27(25)36)19-14-32(2)21-10-6-4-8-17(19)21/h4-11,14-15,23H,3,12-13,16H2,1-2H3,(H,31,35,36). The number of alkyl halides is 2. The van der Waals surface area contributed by atoms with Crippen LogP contribution in [-0.4, -0.2) is 51.4 Å². The second kappa shape index (κ2) is 8.13. The molecule has 0 saturated carbocycles. The number of hydrogen-bond donors (Lipinski definition) is 1. The van der Waals surface area contributed by atoms with Gasteiger partial charge in [0.25, 0.3) is 17.7 Å². The number of carbonyl (C=O) groups is 2. The maximum absolute atomic E-state index is 15.4. The number of piperidine rings is 1. The minimum atomic E-state index is -2.94. The molecule has 0 radical (unpaired) electrons. The normalized spacial score (nSPS) is 20.6. The minimum Gasteiger partial charge on any atom is -0.350 e. The van der Waals surface area contributed by atoms with Crippen LogP contribution in [0.5, 0.6) is 0 Å². The molecule has 4 heterocycles. The van der Waals surface area contributed by atoms with Gasteiger partial charge in [-0.2, -0.15) is 0 Å². The molecule has 1 atom stereocenters. The molecule has 2 aliphatic heterocycles. The van der Waals surface area contributed by atoms with Gasteiger partial charge in [-0.05, 0) is 25.1 Å². The molecule has 0 bridgehead atoms. The quantitative estimate of drug-likeness (QED) is 0.427. The minimum absolute atomic E-state index is 0.223. The number of benzene rings is 2. The van der Waals surface area contributed by atoms with Crippen LogP contribution in [0.25, 0.3) is 33.0 Å². The zero-order chi connectivity index (χ0) is 25.2. The number of nitrogens with zero attached hydrogens (tertiary/aromatic N) is 3. The molecule has 1 N–H and O–H groups in total. The van der Waals surface area contributed by atoms with Crippen LogP contribution in [-0.2, 0) is 16.6 Å². The number of likely N-dealkylation sites (tertiary alicyclic amines) is 1. The number of rotatable bonds is 4. The predicted molar refractivity (Wildman–Crippen MR) is 136 cm³/mol. The topological polar surface area (TPSA) is 59.3 Å². The first-order valence-corrected chi connectivity index (χ1v) is 12.1. The first-order chi connectivity index (χ1) is 17.3. The highest BCUT2D eigenvalue weighted by Crippen LogP contribution is 2.43. The summed E-state index contributed by atoms with van der Waals surface area (Å²) in [5, 5.41) is 3.96. The molecule has 6 nitrogen and oxygen atoms in total. The summed E-state index contributed by atoms with van der Waals surface area (Å²) < 4.78 is 34.2. The zero-order valence-corrected chi connectivity index (χ0v) is 20.1. The monoisotopic (exact) mass is 488 g/mol. The van der Waals surface area contributed by atoms with Crippen molar-refractivity contribution in [2.45, 2.75) is 25.3 Å². The third-order valence-electron chi connectivity index (χ3n) is 7.53. The lowest BCUT2D eigenvalue weighted by Crippen LogP contribution is -2.48. The van der Waals surface area contributed by atoms with Crippen LogP contribution in [0.1, 0.15) is 30.5 Å². The van der Waals surface area contributed by atoms with Crippen molar-refractivity contribution in [3.05, 3.63) is 72.1 Å². The highest BCUT2D eigenvalue weighted by Gasteiger charge is 2.46.